The molecule has 194 valence electrons. The lowest BCUT2D eigenvalue weighted by molar-refractivity contribution is 0.0599. The first kappa shape index (κ1) is 23.8. The highest BCUT2D eigenvalue weighted by atomic mass is 16.7. The van der Waals surface area contributed by atoms with E-state index in [0.29, 0.717) is 48.1 Å². The van der Waals surface area contributed by atoms with Gasteiger partial charge in [0.1, 0.15) is 24.0 Å². The summed E-state index contributed by atoms with van der Waals surface area (Å²) in [6.45, 7) is 6.91. The van der Waals surface area contributed by atoms with Crippen LogP contribution in [0.5, 0.6) is 17.2 Å². The largest absolute Gasteiger partial charge is 0.490 e. The van der Waals surface area contributed by atoms with Crippen molar-refractivity contribution in [3.63, 3.8) is 0 Å². The maximum absolute atomic E-state index is 10.7. The number of aromatic nitrogens is 2. The molecule has 0 radical (unpaired) electrons. The number of hydrogen-bond acceptors (Lipinski definition) is 9. The molecule has 0 unspecified atom stereocenters. The Bertz CT molecular complexity index is 1370. The van der Waals surface area contributed by atoms with E-state index >= 15 is 0 Å². The molecular formula is C28H31N3O6. The molecule has 1 atom stereocenters. The molecule has 0 amide bonds. The lowest BCUT2D eigenvalue weighted by Gasteiger charge is -2.33. The highest BCUT2D eigenvalue weighted by Gasteiger charge is 2.25. The average molecular weight is 506 g/mol. The van der Waals surface area contributed by atoms with Gasteiger partial charge in [0, 0.05) is 18.5 Å². The molecular weight excluding hydrogens is 474 g/mol. The molecule has 4 aromatic rings. The molecule has 2 aromatic heterocycles. The van der Waals surface area contributed by atoms with Crippen molar-refractivity contribution >= 4 is 11.0 Å². The van der Waals surface area contributed by atoms with Crippen LogP contribution in [0, 0.1) is 0 Å². The van der Waals surface area contributed by atoms with E-state index in [9.17, 15) is 5.11 Å². The molecule has 9 nitrogen and oxygen atoms in total. The number of hydrogen-bond donors (Lipinski definition) is 1. The van der Waals surface area contributed by atoms with Gasteiger partial charge >= 0.3 is 0 Å². The fraction of sp³-hybridized carbons (Fsp3) is 0.429. The highest BCUT2D eigenvalue weighted by Crippen LogP contribution is 2.37. The summed E-state index contributed by atoms with van der Waals surface area (Å²) in [5.74, 6) is 4.34. The van der Waals surface area contributed by atoms with Crippen LogP contribution in [0.1, 0.15) is 50.0 Å². The van der Waals surface area contributed by atoms with Gasteiger partial charge in [0.15, 0.2) is 17.3 Å². The zero-order valence-electron chi connectivity index (χ0n) is 21.1. The Morgan fingerprint density at radius 1 is 1.03 bits per heavy atom. The zero-order valence-corrected chi connectivity index (χ0v) is 21.1. The Balaban J connectivity index is 1.03. The Hall–Kier alpha value is -3.56. The van der Waals surface area contributed by atoms with E-state index in [2.05, 4.69) is 27.2 Å². The molecule has 6 rings (SSSR count). The van der Waals surface area contributed by atoms with Gasteiger partial charge in [-0.25, -0.2) is 0 Å². The van der Waals surface area contributed by atoms with Crippen molar-refractivity contribution in [1.29, 1.82) is 0 Å². The van der Waals surface area contributed by atoms with Gasteiger partial charge < -0.3 is 33.1 Å². The van der Waals surface area contributed by atoms with Crippen LogP contribution in [0.2, 0.25) is 0 Å². The lowest BCUT2D eigenvalue weighted by Crippen LogP contribution is -2.40. The van der Waals surface area contributed by atoms with E-state index in [1.807, 2.05) is 44.2 Å². The van der Waals surface area contributed by atoms with E-state index in [1.165, 1.54) is 5.56 Å². The first-order chi connectivity index (χ1) is 18.0. The molecule has 0 aliphatic carbocycles. The van der Waals surface area contributed by atoms with Gasteiger partial charge in [-0.15, -0.1) is 10.2 Å². The predicted molar refractivity (Wildman–Crippen MR) is 136 cm³/mol. The minimum Gasteiger partial charge on any atom is -0.490 e. The van der Waals surface area contributed by atoms with Crippen LogP contribution < -0.4 is 14.2 Å². The number of furan rings is 1. The number of nitrogens with zero attached hydrogens (tertiary/aromatic N) is 3. The predicted octanol–water partition coefficient (Wildman–Crippen LogP) is 4.95. The quantitative estimate of drug-likeness (QED) is 0.356. The SMILES string of the molecule is CC(C)c1nnc(-c2cc3c(OC[C@H](O)CN4CCC(c5ccc6c(c5)OCO6)CC4)cccc3o2)o1. The van der Waals surface area contributed by atoms with E-state index < -0.39 is 6.10 Å². The van der Waals surface area contributed by atoms with Crippen molar-refractivity contribution in [3.05, 3.63) is 53.9 Å². The zero-order chi connectivity index (χ0) is 25.4. The van der Waals surface area contributed by atoms with Crippen LogP contribution in [0.15, 0.2) is 51.3 Å². The summed E-state index contributed by atoms with van der Waals surface area (Å²) in [6, 6.07) is 13.7. The first-order valence-corrected chi connectivity index (χ1v) is 12.8. The molecule has 2 aliphatic heterocycles. The van der Waals surface area contributed by atoms with Crippen molar-refractivity contribution in [2.45, 2.75) is 44.6 Å². The third-order valence-electron chi connectivity index (χ3n) is 7.02. The van der Waals surface area contributed by atoms with Crippen molar-refractivity contribution in [2.75, 3.05) is 33.0 Å². The summed E-state index contributed by atoms with van der Waals surface area (Å²) >= 11 is 0. The fourth-order valence-corrected chi connectivity index (χ4v) is 4.99. The summed E-state index contributed by atoms with van der Waals surface area (Å²) in [4.78, 5) is 2.30. The van der Waals surface area contributed by atoms with E-state index in [1.54, 1.807) is 0 Å². The number of likely N-dealkylation sites (tertiary alicyclic amines) is 1. The maximum atomic E-state index is 10.7. The average Bonchev–Trinajstić information content (AvgIpc) is 3.66. The van der Waals surface area contributed by atoms with E-state index in [4.69, 9.17) is 23.0 Å². The second kappa shape index (κ2) is 10.1. The standard InChI is InChI=1S/C28H31N3O6/c1-17(2)27-29-30-28(37-27)26-13-21-22(4-3-5-23(21)36-26)33-15-20(32)14-31-10-8-18(9-11-31)19-6-7-24-25(12-19)35-16-34-24/h3-7,12-13,17-18,20,32H,8-11,14-16H2,1-2H3/t20-/m1/s1. The van der Waals surface area contributed by atoms with Crippen LogP contribution in [0.4, 0.5) is 0 Å². The maximum Gasteiger partial charge on any atom is 0.283 e. The van der Waals surface area contributed by atoms with Crippen LogP contribution >= 0.6 is 0 Å². The van der Waals surface area contributed by atoms with Gasteiger partial charge in [-0.2, -0.15) is 0 Å². The lowest BCUT2D eigenvalue weighted by atomic mass is 9.89. The van der Waals surface area contributed by atoms with E-state index in [-0.39, 0.29) is 12.5 Å². The first-order valence-electron chi connectivity index (χ1n) is 12.8. The third kappa shape index (κ3) is 5.01. The monoisotopic (exact) mass is 505 g/mol. The number of ether oxygens (including phenoxy) is 3. The van der Waals surface area contributed by atoms with Crippen LogP contribution in [0.3, 0.4) is 0 Å². The number of aliphatic hydroxyl groups is 1. The smallest absolute Gasteiger partial charge is 0.283 e. The number of benzene rings is 2. The molecule has 9 heteroatoms. The van der Waals surface area contributed by atoms with Gasteiger partial charge in [-0.1, -0.05) is 26.0 Å². The van der Waals surface area contributed by atoms with Crippen LogP contribution in [0.25, 0.3) is 22.6 Å². The molecule has 0 saturated carbocycles. The summed E-state index contributed by atoms with van der Waals surface area (Å²) in [5.41, 5.74) is 1.96. The Morgan fingerprint density at radius 3 is 2.68 bits per heavy atom. The third-order valence-corrected chi connectivity index (χ3v) is 7.02. The molecule has 0 spiro atoms. The summed E-state index contributed by atoms with van der Waals surface area (Å²) < 4.78 is 28.6. The van der Waals surface area contributed by atoms with Crippen molar-refractivity contribution in [3.8, 4) is 28.9 Å². The van der Waals surface area contributed by atoms with E-state index in [0.717, 1.165) is 42.8 Å². The topological polar surface area (TPSA) is 103 Å². The normalized spacial score (nSPS) is 17.1. The molecule has 1 fully saturated rings. The minimum absolute atomic E-state index is 0.139. The van der Waals surface area contributed by atoms with Gasteiger partial charge in [-0.3, -0.25) is 0 Å². The number of rotatable bonds is 8. The molecule has 2 aliphatic rings. The molecule has 37 heavy (non-hydrogen) atoms. The molecule has 0 bridgehead atoms. The molecule has 4 heterocycles. The van der Waals surface area contributed by atoms with Gasteiger partial charge in [0.2, 0.25) is 12.7 Å². The fourth-order valence-electron chi connectivity index (χ4n) is 4.99. The van der Waals surface area contributed by atoms with Crippen molar-refractivity contribution < 1.29 is 28.2 Å². The van der Waals surface area contributed by atoms with Crippen LogP contribution in [-0.4, -0.2) is 59.3 Å². The number of piperidine rings is 1. The summed E-state index contributed by atoms with van der Waals surface area (Å²) in [7, 11) is 0. The molecule has 1 saturated heterocycles. The van der Waals surface area contributed by atoms with Gasteiger partial charge in [0.05, 0.1) is 5.39 Å². The van der Waals surface area contributed by atoms with Crippen molar-refractivity contribution in [1.82, 2.24) is 15.1 Å². The van der Waals surface area contributed by atoms with Gasteiger partial charge in [0.25, 0.3) is 5.89 Å². The second-order valence-electron chi connectivity index (χ2n) is 10.0. The molecule has 1 N–H and O–H groups in total. The molecule has 2 aromatic carbocycles. The minimum atomic E-state index is -0.603. The number of aliphatic hydroxyl groups excluding tert-OH is 1. The summed E-state index contributed by atoms with van der Waals surface area (Å²) in [6.07, 6.45) is 1.48. The summed E-state index contributed by atoms with van der Waals surface area (Å²) in [5, 5.41) is 19.7. The Labute approximate surface area is 214 Å². The number of β-amino-alcohol motifs (C(OH)–C–C–N with tert-alkyl or cyclic N) is 1. The van der Waals surface area contributed by atoms with Crippen molar-refractivity contribution in [2.24, 2.45) is 0 Å². The highest BCUT2D eigenvalue weighted by molar-refractivity contribution is 5.87. The number of fused-ring (bicyclic) bond motifs is 2. The van der Waals surface area contributed by atoms with Crippen LogP contribution in [-0.2, 0) is 0 Å². The van der Waals surface area contributed by atoms with Gasteiger partial charge in [-0.05, 0) is 61.7 Å². The second-order valence-corrected chi connectivity index (χ2v) is 10.0. The Morgan fingerprint density at radius 2 is 1.86 bits per heavy atom. The Kier molecular flexibility index (Phi) is 6.48.